The van der Waals surface area contributed by atoms with Crippen LogP contribution in [0.4, 0.5) is 0 Å². The highest BCUT2D eigenvalue weighted by Crippen LogP contribution is 2.04. The zero-order valence-electron chi connectivity index (χ0n) is 10.5. The van der Waals surface area contributed by atoms with E-state index in [2.05, 4.69) is 15.9 Å². The second-order valence-corrected chi connectivity index (χ2v) is 4.34. The van der Waals surface area contributed by atoms with Gasteiger partial charge in [-0.25, -0.2) is 4.79 Å². The Morgan fingerprint density at radius 3 is 2.58 bits per heavy atom. The van der Waals surface area contributed by atoms with Gasteiger partial charge in [-0.2, -0.15) is 0 Å². The van der Waals surface area contributed by atoms with Crippen molar-refractivity contribution in [2.24, 2.45) is 0 Å². The number of hydrogen-bond donors (Lipinski definition) is 0. The van der Waals surface area contributed by atoms with Gasteiger partial charge in [0.15, 0.2) is 6.10 Å². The summed E-state index contributed by atoms with van der Waals surface area (Å²) in [6, 6.07) is 8.65. The summed E-state index contributed by atoms with van der Waals surface area (Å²) in [5.74, 6) is -0.857. The Hall–Kier alpha value is -1.62. The summed E-state index contributed by atoms with van der Waals surface area (Å²) in [5, 5.41) is 0.636. The molecule has 5 heteroatoms. The average Bonchev–Trinajstić information content (AvgIpc) is 2.42. The Balaban J connectivity index is 2.53. The van der Waals surface area contributed by atoms with Crippen LogP contribution in [0.2, 0.25) is 0 Å². The number of hydrogen-bond acceptors (Lipinski definition) is 4. The summed E-state index contributed by atoms with van der Waals surface area (Å²) in [6.45, 7) is 1.31. The molecule has 0 N–H and O–H groups in total. The standard InChI is InChI=1S/C14H15BrO4/c1-11(16)19-13(8-5-9-15)10-18-14(17)12-6-3-2-4-7-12/h2-8,13H,9-10H2,1H3/b8-5+/t13-/m0/s1. The Kier molecular flexibility index (Phi) is 6.89. The minimum Gasteiger partial charge on any atom is -0.458 e. The van der Waals surface area contributed by atoms with Gasteiger partial charge in [0.2, 0.25) is 0 Å². The number of carbonyl (C=O) groups is 2. The summed E-state index contributed by atoms with van der Waals surface area (Å²) in [6.07, 6.45) is 2.89. The van der Waals surface area contributed by atoms with Gasteiger partial charge in [0.1, 0.15) is 6.61 Å². The van der Waals surface area contributed by atoms with Crippen molar-refractivity contribution < 1.29 is 19.1 Å². The molecule has 0 amide bonds. The highest BCUT2D eigenvalue weighted by atomic mass is 79.9. The maximum Gasteiger partial charge on any atom is 0.338 e. The molecule has 0 bridgehead atoms. The van der Waals surface area contributed by atoms with Crippen LogP contribution in [0.1, 0.15) is 17.3 Å². The van der Waals surface area contributed by atoms with Crippen LogP contribution < -0.4 is 0 Å². The third kappa shape index (κ3) is 6.20. The van der Waals surface area contributed by atoms with E-state index in [-0.39, 0.29) is 6.61 Å². The average molecular weight is 327 g/mol. The van der Waals surface area contributed by atoms with Gasteiger partial charge in [-0.05, 0) is 18.2 Å². The van der Waals surface area contributed by atoms with E-state index >= 15 is 0 Å². The predicted octanol–water partition coefficient (Wildman–Crippen LogP) is 2.73. The molecule has 1 aromatic rings. The summed E-state index contributed by atoms with van der Waals surface area (Å²) >= 11 is 3.23. The molecule has 0 aliphatic carbocycles. The highest BCUT2D eigenvalue weighted by molar-refractivity contribution is 9.09. The summed E-state index contributed by atoms with van der Waals surface area (Å²) in [5.41, 5.74) is 0.466. The van der Waals surface area contributed by atoms with Crippen molar-refractivity contribution in [3.63, 3.8) is 0 Å². The van der Waals surface area contributed by atoms with E-state index in [0.29, 0.717) is 10.9 Å². The maximum atomic E-state index is 11.7. The van der Waals surface area contributed by atoms with Gasteiger partial charge in [-0.3, -0.25) is 4.79 Å². The molecule has 19 heavy (non-hydrogen) atoms. The lowest BCUT2D eigenvalue weighted by molar-refractivity contribution is -0.145. The fourth-order valence-electron chi connectivity index (χ4n) is 1.36. The third-order valence-electron chi connectivity index (χ3n) is 2.15. The fraction of sp³-hybridized carbons (Fsp3) is 0.286. The molecule has 0 aliphatic rings. The van der Waals surface area contributed by atoms with Crippen molar-refractivity contribution in [1.82, 2.24) is 0 Å². The smallest absolute Gasteiger partial charge is 0.338 e. The first kappa shape index (κ1) is 15.4. The molecule has 0 radical (unpaired) electrons. The van der Waals surface area contributed by atoms with Gasteiger partial charge in [0, 0.05) is 12.3 Å². The van der Waals surface area contributed by atoms with Crippen LogP contribution in [0.5, 0.6) is 0 Å². The zero-order valence-corrected chi connectivity index (χ0v) is 12.1. The molecule has 0 saturated heterocycles. The number of alkyl halides is 1. The lowest BCUT2D eigenvalue weighted by atomic mass is 10.2. The first-order valence-corrected chi connectivity index (χ1v) is 6.87. The molecule has 1 rings (SSSR count). The van der Waals surface area contributed by atoms with E-state index in [0.717, 1.165) is 0 Å². The Morgan fingerprint density at radius 2 is 2.00 bits per heavy atom. The SMILES string of the molecule is CC(=O)O[C@@H](/C=C/CBr)COC(=O)c1ccccc1. The molecule has 4 nitrogen and oxygen atoms in total. The third-order valence-corrected chi connectivity index (χ3v) is 2.52. The van der Waals surface area contributed by atoms with Crippen molar-refractivity contribution in [2.45, 2.75) is 13.0 Å². The van der Waals surface area contributed by atoms with Gasteiger partial charge >= 0.3 is 11.9 Å². The van der Waals surface area contributed by atoms with Crippen molar-refractivity contribution in [3.8, 4) is 0 Å². The van der Waals surface area contributed by atoms with Crippen molar-refractivity contribution >= 4 is 27.9 Å². The lowest BCUT2D eigenvalue weighted by Crippen LogP contribution is -2.22. The van der Waals surface area contributed by atoms with E-state index in [4.69, 9.17) is 9.47 Å². The molecule has 0 unspecified atom stereocenters. The highest BCUT2D eigenvalue weighted by Gasteiger charge is 2.12. The monoisotopic (exact) mass is 326 g/mol. The minimum atomic E-state index is -0.567. The van der Waals surface area contributed by atoms with E-state index in [9.17, 15) is 9.59 Å². The topological polar surface area (TPSA) is 52.6 Å². The summed E-state index contributed by atoms with van der Waals surface area (Å²) in [4.78, 5) is 22.6. The quantitative estimate of drug-likeness (QED) is 0.458. The van der Waals surface area contributed by atoms with Crippen molar-refractivity contribution in [2.75, 3.05) is 11.9 Å². The largest absolute Gasteiger partial charge is 0.458 e. The molecule has 102 valence electrons. The zero-order chi connectivity index (χ0) is 14.1. The summed E-state index contributed by atoms with van der Waals surface area (Å²) in [7, 11) is 0. The number of esters is 2. The maximum absolute atomic E-state index is 11.7. The molecule has 0 fully saturated rings. The van der Waals surface area contributed by atoms with Crippen molar-refractivity contribution in [3.05, 3.63) is 48.0 Å². The first-order chi connectivity index (χ1) is 9.13. The van der Waals surface area contributed by atoms with Gasteiger partial charge in [-0.1, -0.05) is 40.2 Å². The van der Waals surface area contributed by atoms with Crippen molar-refractivity contribution in [1.29, 1.82) is 0 Å². The fourth-order valence-corrected chi connectivity index (χ4v) is 1.58. The second kappa shape index (κ2) is 8.48. The molecular weight excluding hydrogens is 312 g/mol. The van der Waals surface area contributed by atoms with E-state index in [1.165, 1.54) is 6.92 Å². The number of carbonyl (C=O) groups excluding carboxylic acids is 2. The first-order valence-electron chi connectivity index (χ1n) is 5.75. The second-order valence-electron chi connectivity index (χ2n) is 3.69. The predicted molar refractivity (Wildman–Crippen MR) is 75.2 cm³/mol. The van der Waals surface area contributed by atoms with Gasteiger partial charge in [-0.15, -0.1) is 0 Å². The van der Waals surface area contributed by atoms with Gasteiger partial charge < -0.3 is 9.47 Å². The lowest BCUT2D eigenvalue weighted by Gasteiger charge is -2.13. The Morgan fingerprint density at radius 1 is 1.32 bits per heavy atom. The number of rotatable bonds is 6. The van der Waals surface area contributed by atoms with Gasteiger partial charge in [0.05, 0.1) is 5.56 Å². The molecular formula is C14H15BrO4. The van der Waals surface area contributed by atoms with Crippen LogP contribution in [0.15, 0.2) is 42.5 Å². The molecule has 0 aliphatic heterocycles. The van der Waals surface area contributed by atoms with Crippen LogP contribution in [-0.2, 0) is 14.3 Å². The van der Waals surface area contributed by atoms with Gasteiger partial charge in [0.25, 0.3) is 0 Å². The molecule has 0 spiro atoms. The van der Waals surface area contributed by atoms with Crippen LogP contribution in [0, 0.1) is 0 Å². The molecule has 0 heterocycles. The number of ether oxygens (including phenoxy) is 2. The molecule has 1 aromatic carbocycles. The van der Waals surface area contributed by atoms with E-state index in [1.54, 1.807) is 36.4 Å². The van der Waals surface area contributed by atoms with E-state index < -0.39 is 18.0 Å². The number of allylic oxidation sites excluding steroid dienone is 1. The Bertz CT molecular complexity index is 442. The van der Waals surface area contributed by atoms with E-state index in [1.807, 2.05) is 6.07 Å². The number of benzene rings is 1. The summed E-state index contributed by atoms with van der Waals surface area (Å²) < 4.78 is 10.1. The Labute approximate surface area is 120 Å². The van der Waals surface area contributed by atoms with Crippen LogP contribution in [0.25, 0.3) is 0 Å². The molecule has 0 saturated carbocycles. The minimum absolute atomic E-state index is 0.00317. The van der Waals surface area contributed by atoms with Crippen LogP contribution >= 0.6 is 15.9 Å². The molecule has 1 atom stereocenters. The number of halogens is 1. The van der Waals surface area contributed by atoms with Crippen LogP contribution in [0.3, 0.4) is 0 Å². The molecule has 0 aromatic heterocycles. The van der Waals surface area contributed by atoms with Crippen LogP contribution in [-0.4, -0.2) is 30.0 Å². The normalized spacial score (nSPS) is 12.1.